The SMILES string of the molecule is O=C(O)c1cccc(CNc2ccc(Cl)c(CN3CCOCC3)c2)c1. The highest BCUT2D eigenvalue weighted by Gasteiger charge is 2.13. The van der Waals surface area contributed by atoms with Gasteiger partial charge in [-0.2, -0.15) is 0 Å². The van der Waals surface area contributed by atoms with Gasteiger partial charge in [0.2, 0.25) is 0 Å². The van der Waals surface area contributed by atoms with Crippen LogP contribution < -0.4 is 5.32 Å². The predicted molar refractivity (Wildman–Crippen MR) is 98.3 cm³/mol. The Morgan fingerprint density at radius 2 is 2.00 bits per heavy atom. The first kappa shape index (κ1) is 17.7. The summed E-state index contributed by atoms with van der Waals surface area (Å²) in [5, 5.41) is 13.2. The Morgan fingerprint density at radius 1 is 1.20 bits per heavy atom. The van der Waals surface area contributed by atoms with E-state index in [2.05, 4.69) is 16.3 Å². The van der Waals surface area contributed by atoms with Crippen molar-refractivity contribution in [1.29, 1.82) is 0 Å². The second-order valence-corrected chi connectivity index (χ2v) is 6.46. The van der Waals surface area contributed by atoms with Gasteiger partial charge in [-0.15, -0.1) is 0 Å². The molecule has 0 aliphatic carbocycles. The van der Waals surface area contributed by atoms with E-state index in [9.17, 15) is 4.79 Å². The summed E-state index contributed by atoms with van der Waals surface area (Å²) in [6.07, 6.45) is 0. The maximum atomic E-state index is 11.1. The van der Waals surface area contributed by atoms with Crippen LogP contribution in [0.1, 0.15) is 21.5 Å². The van der Waals surface area contributed by atoms with Crippen molar-refractivity contribution in [3.8, 4) is 0 Å². The molecule has 0 atom stereocenters. The molecule has 2 aromatic rings. The summed E-state index contributed by atoms with van der Waals surface area (Å²) >= 11 is 6.34. The number of aromatic carboxylic acids is 1. The van der Waals surface area contributed by atoms with E-state index < -0.39 is 5.97 Å². The number of nitrogens with zero attached hydrogens (tertiary/aromatic N) is 1. The van der Waals surface area contributed by atoms with E-state index in [1.807, 2.05) is 18.2 Å². The number of morpholine rings is 1. The molecule has 5 nitrogen and oxygen atoms in total. The maximum Gasteiger partial charge on any atom is 0.335 e. The number of carboxylic acid groups (broad SMARTS) is 1. The summed E-state index contributed by atoms with van der Waals surface area (Å²) in [7, 11) is 0. The fourth-order valence-corrected chi connectivity index (χ4v) is 3.00. The lowest BCUT2D eigenvalue weighted by molar-refractivity contribution is 0.0342. The van der Waals surface area contributed by atoms with Crippen LogP contribution in [-0.2, 0) is 17.8 Å². The van der Waals surface area contributed by atoms with Crippen molar-refractivity contribution >= 4 is 23.3 Å². The van der Waals surface area contributed by atoms with Crippen LogP contribution in [0.5, 0.6) is 0 Å². The largest absolute Gasteiger partial charge is 0.478 e. The van der Waals surface area contributed by atoms with Crippen LogP contribution >= 0.6 is 11.6 Å². The minimum atomic E-state index is -0.916. The summed E-state index contributed by atoms with van der Waals surface area (Å²) in [5.41, 5.74) is 3.26. The lowest BCUT2D eigenvalue weighted by Crippen LogP contribution is -2.35. The molecule has 1 aliphatic heterocycles. The third kappa shape index (κ3) is 4.95. The molecule has 0 aromatic heterocycles. The van der Waals surface area contributed by atoms with Gasteiger partial charge in [0.1, 0.15) is 0 Å². The van der Waals surface area contributed by atoms with Gasteiger partial charge < -0.3 is 15.2 Å². The number of carbonyl (C=O) groups is 1. The van der Waals surface area contributed by atoms with Gasteiger partial charge in [0.15, 0.2) is 0 Å². The number of benzene rings is 2. The van der Waals surface area contributed by atoms with Crippen LogP contribution in [0, 0.1) is 0 Å². The van der Waals surface area contributed by atoms with Crippen LogP contribution in [0.3, 0.4) is 0 Å². The van der Waals surface area contributed by atoms with Crippen LogP contribution in [-0.4, -0.2) is 42.3 Å². The van der Waals surface area contributed by atoms with E-state index in [0.29, 0.717) is 12.1 Å². The summed E-state index contributed by atoms with van der Waals surface area (Å²) in [4.78, 5) is 13.4. The van der Waals surface area contributed by atoms with E-state index >= 15 is 0 Å². The zero-order chi connectivity index (χ0) is 17.6. The Hall–Kier alpha value is -2.08. The van der Waals surface area contributed by atoms with Gasteiger partial charge in [0.05, 0.1) is 18.8 Å². The van der Waals surface area contributed by atoms with Crippen molar-refractivity contribution in [3.05, 3.63) is 64.2 Å². The highest BCUT2D eigenvalue weighted by atomic mass is 35.5. The monoisotopic (exact) mass is 360 g/mol. The number of rotatable bonds is 6. The quantitative estimate of drug-likeness (QED) is 0.825. The second kappa shape index (κ2) is 8.34. The molecular weight excluding hydrogens is 340 g/mol. The first-order valence-corrected chi connectivity index (χ1v) is 8.64. The number of hydrogen-bond acceptors (Lipinski definition) is 4. The molecule has 0 saturated carbocycles. The first-order valence-electron chi connectivity index (χ1n) is 8.26. The molecule has 0 amide bonds. The molecule has 1 saturated heterocycles. The Bertz CT molecular complexity index is 745. The number of hydrogen-bond donors (Lipinski definition) is 2. The Kier molecular flexibility index (Phi) is 5.91. The normalized spacial score (nSPS) is 15.1. The van der Waals surface area contributed by atoms with E-state index in [1.54, 1.807) is 18.2 Å². The molecule has 132 valence electrons. The van der Waals surface area contributed by atoms with Crippen LogP contribution in [0.15, 0.2) is 42.5 Å². The molecule has 0 bridgehead atoms. The topological polar surface area (TPSA) is 61.8 Å². The Morgan fingerprint density at radius 3 is 2.76 bits per heavy atom. The lowest BCUT2D eigenvalue weighted by atomic mass is 10.1. The summed E-state index contributed by atoms with van der Waals surface area (Å²) < 4.78 is 5.38. The fourth-order valence-electron chi connectivity index (χ4n) is 2.82. The van der Waals surface area contributed by atoms with Crippen molar-refractivity contribution in [2.45, 2.75) is 13.1 Å². The Balaban J connectivity index is 1.65. The highest BCUT2D eigenvalue weighted by Crippen LogP contribution is 2.23. The standard InChI is InChI=1S/C19H21ClN2O3/c20-18-5-4-17(11-16(18)13-22-6-8-25-9-7-22)21-12-14-2-1-3-15(10-14)19(23)24/h1-5,10-11,21H,6-9,12-13H2,(H,23,24). The summed E-state index contributed by atoms with van der Waals surface area (Å²) in [6, 6.07) is 12.8. The van der Waals surface area contributed by atoms with Crippen molar-refractivity contribution in [3.63, 3.8) is 0 Å². The molecule has 25 heavy (non-hydrogen) atoms. The van der Waals surface area contributed by atoms with E-state index in [1.165, 1.54) is 0 Å². The molecule has 1 heterocycles. The van der Waals surface area contributed by atoms with Crippen LogP contribution in [0.25, 0.3) is 0 Å². The molecule has 2 aromatic carbocycles. The predicted octanol–water partition coefficient (Wildman–Crippen LogP) is 3.48. The molecule has 0 spiro atoms. The van der Waals surface area contributed by atoms with Gasteiger partial charge >= 0.3 is 5.97 Å². The molecule has 3 rings (SSSR count). The zero-order valence-electron chi connectivity index (χ0n) is 13.9. The smallest absolute Gasteiger partial charge is 0.335 e. The average Bonchev–Trinajstić information content (AvgIpc) is 2.63. The van der Waals surface area contributed by atoms with Crippen molar-refractivity contribution in [1.82, 2.24) is 4.90 Å². The molecular formula is C19H21ClN2O3. The number of ether oxygens (including phenoxy) is 1. The summed E-state index contributed by atoms with van der Waals surface area (Å²) in [5.74, 6) is -0.916. The van der Waals surface area contributed by atoms with Crippen LogP contribution in [0.4, 0.5) is 5.69 Å². The third-order valence-corrected chi connectivity index (χ3v) is 4.58. The molecule has 0 unspecified atom stereocenters. The van der Waals surface area contributed by atoms with Gasteiger partial charge in [-0.3, -0.25) is 4.90 Å². The molecule has 0 radical (unpaired) electrons. The number of nitrogens with one attached hydrogen (secondary N) is 1. The number of carboxylic acids is 1. The third-order valence-electron chi connectivity index (χ3n) is 4.21. The van der Waals surface area contributed by atoms with E-state index in [0.717, 1.165) is 54.7 Å². The van der Waals surface area contributed by atoms with Gasteiger partial charge in [0, 0.05) is 36.9 Å². The van der Waals surface area contributed by atoms with Crippen molar-refractivity contribution in [2.75, 3.05) is 31.6 Å². The van der Waals surface area contributed by atoms with Gasteiger partial charge in [-0.1, -0.05) is 23.7 Å². The molecule has 2 N–H and O–H groups in total. The van der Waals surface area contributed by atoms with E-state index in [-0.39, 0.29) is 0 Å². The lowest BCUT2D eigenvalue weighted by Gasteiger charge is -2.27. The van der Waals surface area contributed by atoms with Gasteiger partial charge in [-0.25, -0.2) is 4.79 Å². The minimum absolute atomic E-state index is 0.295. The first-order chi connectivity index (χ1) is 12.1. The minimum Gasteiger partial charge on any atom is -0.478 e. The molecule has 6 heteroatoms. The average molecular weight is 361 g/mol. The highest BCUT2D eigenvalue weighted by molar-refractivity contribution is 6.31. The van der Waals surface area contributed by atoms with E-state index in [4.69, 9.17) is 21.4 Å². The molecule has 1 fully saturated rings. The van der Waals surface area contributed by atoms with Gasteiger partial charge in [-0.05, 0) is 41.5 Å². The molecule has 1 aliphatic rings. The number of anilines is 1. The Labute approximate surface area is 152 Å². The zero-order valence-corrected chi connectivity index (χ0v) is 14.6. The van der Waals surface area contributed by atoms with Crippen LogP contribution in [0.2, 0.25) is 5.02 Å². The van der Waals surface area contributed by atoms with Crippen molar-refractivity contribution in [2.24, 2.45) is 0 Å². The summed E-state index contributed by atoms with van der Waals surface area (Å²) in [6.45, 7) is 4.70. The second-order valence-electron chi connectivity index (χ2n) is 6.05. The maximum absolute atomic E-state index is 11.1. The van der Waals surface area contributed by atoms with Gasteiger partial charge in [0.25, 0.3) is 0 Å². The van der Waals surface area contributed by atoms with Crippen molar-refractivity contribution < 1.29 is 14.6 Å². The fraction of sp³-hybridized carbons (Fsp3) is 0.316. The number of halogens is 1.